The molecule has 0 bridgehead atoms. The fourth-order valence-corrected chi connectivity index (χ4v) is 1.12. The molecule has 0 aromatic rings. The Kier molecular flexibility index (Phi) is 7.36. The predicted octanol–water partition coefficient (Wildman–Crippen LogP) is 2.65. The highest BCUT2D eigenvalue weighted by molar-refractivity contribution is 5.72. The van der Waals surface area contributed by atoms with E-state index in [2.05, 4.69) is 18.8 Å². The second-order valence-corrected chi connectivity index (χ2v) is 3.40. The van der Waals surface area contributed by atoms with Gasteiger partial charge in [-0.25, -0.2) is 0 Å². The van der Waals surface area contributed by atoms with E-state index < -0.39 is 0 Å². The number of allylic oxidation sites excluding steroid dienone is 1. The molecular weight excluding hydrogens is 162 g/mol. The van der Waals surface area contributed by atoms with Crippen molar-refractivity contribution >= 4 is 5.91 Å². The molecule has 0 aromatic carbocycles. The molecule has 1 N–H and O–H groups in total. The first-order valence-electron chi connectivity index (χ1n) is 5.08. The molecule has 0 atom stereocenters. The maximum Gasteiger partial charge on any atom is 0.216 e. The van der Waals surface area contributed by atoms with Crippen LogP contribution in [0.2, 0.25) is 0 Å². The lowest BCUT2D eigenvalue weighted by Crippen LogP contribution is -2.20. The van der Waals surface area contributed by atoms with Crippen molar-refractivity contribution in [1.29, 1.82) is 0 Å². The Morgan fingerprint density at radius 1 is 1.31 bits per heavy atom. The minimum Gasteiger partial charge on any atom is -0.356 e. The zero-order valence-electron chi connectivity index (χ0n) is 8.86. The van der Waals surface area contributed by atoms with E-state index in [0.717, 1.165) is 25.8 Å². The van der Waals surface area contributed by atoms with Gasteiger partial charge in [-0.2, -0.15) is 0 Å². The van der Waals surface area contributed by atoms with Crippen molar-refractivity contribution in [3.8, 4) is 0 Å². The first-order valence-corrected chi connectivity index (χ1v) is 5.08. The van der Waals surface area contributed by atoms with Gasteiger partial charge < -0.3 is 5.32 Å². The van der Waals surface area contributed by atoms with Crippen LogP contribution in [0.3, 0.4) is 0 Å². The lowest BCUT2D eigenvalue weighted by molar-refractivity contribution is -0.118. The van der Waals surface area contributed by atoms with Crippen molar-refractivity contribution in [2.45, 2.75) is 46.0 Å². The van der Waals surface area contributed by atoms with E-state index in [4.69, 9.17) is 0 Å². The van der Waals surface area contributed by atoms with Crippen molar-refractivity contribution < 1.29 is 4.79 Å². The standard InChI is InChI=1S/C11H21NO/c1-4-10(2)8-6-5-7-9-12-11(3)13/h2,4-9H2,1,3H3,(H,12,13). The molecule has 1 amide bonds. The summed E-state index contributed by atoms with van der Waals surface area (Å²) >= 11 is 0. The summed E-state index contributed by atoms with van der Waals surface area (Å²) in [6.07, 6.45) is 5.68. The maximum absolute atomic E-state index is 10.5. The minimum absolute atomic E-state index is 0.0676. The number of hydrogen-bond donors (Lipinski definition) is 1. The fraction of sp³-hybridized carbons (Fsp3) is 0.727. The highest BCUT2D eigenvalue weighted by Gasteiger charge is 1.93. The molecule has 0 fully saturated rings. The first-order chi connectivity index (χ1) is 6.16. The Morgan fingerprint density at radius 3 is 2.54 bits per heavy atom. The quantitative estimate of drug-likeness (QED) is 0.477. The van der Waals surface area contributed by atoms with E-state index >= 15 is 0 Å². The topological polar surface area (TPSA) is 29.1 Å². The van der Waals surface area contributed by atoms with Gasteiger partial charge in [0.2, 0.25) is 5.91 Å². The molecule has 0 unspecified atom stereocenters. The third-order valence-corrected chi connectivity index (χ3v) is 2.08. The van der Waals surface area contributed by atoms with Gasteiger partial charge in [0.25, 0.3) is 0 Å². The van der Waals surface area contributed by atoms with Crippen molar-refractivity contribution in [2.75, 3.05) is 6.54 Å². The Hall–Kier alpha value is -0.790. The molecule has 0 aliphatic rings. The summed E-state index contributed by atoms with van der Waals surface area (Å²) in [6, 6.07) is 0. The average molecular weight is 183 g/mol. The van der Waals surface area contributed by atoms with Gasteiger partial charge in [-0.1, -0.05) is 25.5 Å². The summed E-state index contributed by atoms with van der Waals surface area (Å²) in [4.78, 5) is 10.5. The number of nitrogens with one attached hydrogen (secondary N) is 1. The summed E-state index contributed by atoms with van der Waals surface area (Å²) in [6.45, 7) is 8.46. The normalized spacial score (nSPS) is 9.69. The molecule has 0 rings (SSSR count). The van der Waals surface area contributed by atoms with E-state index in [1.54, 1.807) is 6.92 Å². The molecule has 0 radical (unpaired) electrons. The van der Waals surface area contributed by atoms with Gasteiger partial charge in [0.15, 0.2) is 0 Å². The van der Waals surface area contributed by atoms with Gasteiger partial charge in [0.05, 0.1) is 0 Å². The molecule has 0 spiro atoms. The first kappa shape index (κ1) is 12.2. The van der Waals surface area contributed by atoms with Gasteiger partial charge in [0.1, 0.15) is 0 Å². The molecule has 0 aromatic heterocycles. The molecule has 0 saturated carbocycles. The second-order valence-electron chi connectivity index (χ2n) is 3.40. The fourth-order valence-electron chi connectivity index (χ4n) is 1.12. The smallest absolute Gasteiger partial charge is 0.216 e. The van der Waals surface area contributed by atoms with Crippen LogP contribution in [0.4, 0.5) is 0 Å². The monoisotopic (exact) mass is 183 g/mol. The highest BCUT2D eigenvalue weighted by atomic mass is 16.1. The summed E-state index contributed by atoms with van der Waals surface area (Å²) in [7, 11) is 0. The molecule has 0 heterocycles. The van der Waals surface area contributed by atoms with Crippen LogP contribution in [0.1, 0.15) is 46.0 Å². The minimum atomic E-state index is 0.0676. The van der Waals surface area contributed by atoms with Crippen LogP contribution < -0.4 is 5.32 Å². The van der Waals surface area contributed by atoms with Gasteiger partial charge in [-0.15, -0.1) is 0 Å². The van der Waals surface area contributed by atoms with Gasteiger partial charge in [-0.3, -0.25) is 4.79 Å². The Balaban J connectivity index is 3.08. The Morgan fingerprint density at radius 2 is 2.00 bits per heavy atom. The van der Waals surface area contributed by atoms with Crippen LogP contribution in [-0.4, -0.2) is 12.5 Å². The van der Waals surface area contributed by atoms with E-state index in [1.807, 2.05) is 0 Å². The van der Waals surface area contributed by atoms with Gasteiger partial charge in [0, 0.05) is 13.5 Å². The van der Waals surface area contributed by atoms with Crippen LogP contribution in [0, 0.1) is 0 Å². The number of carbonyl (C=O) groups is 1. The molecule has 0 saturated heterocycles. The van der Waals surface area contributed by atoms with Gasteiger partial charge in [-0.05, 0) is 25.7 Å². The van der Waals surface area contributed by atoms with Crippen LogP contribution >= 0.6 is 0 Å². The van der Waals surface area contributed by atoms with Gasteiger partial charge >= 0.3 is 0 Å². The summed E-state index contributed by atoms with van der Waals surface area (Å²) in [5.74, 6) is 0.0676. The largest absolute Gasteiger partial charge is 0.356 e. The summed E-state index contributed by atoms with van der Waals surface area (Å²) in [5, 5.41) is 2.79. The number of rotatable bonds is 7. The van der Waals surface area contributed by atoms with E-state index in [-0.39, 0.29) is 5.91 Å². The van der Waals surface area contributed by atoms with Crippen LogP contribution in [0.25, 0.3) is 0 Å². The Labute approximate surface area is 81.4 Å². The van der Waals surface area contributed by atoms with E-state index in [1.165, 1.54) is 18.4 Å². The lowest BCUT2D eigenvalue weighted by Gasteiger charge is -2.03. The van der Waals surface area contributed by atoms with Crippen LogP contribution in [0.5, 0.6) is 0 Å². The summed E-state index contributed by atoms with van der Waals surface area (Å²) < 4.78 is 0. The molecule has 76 valence electrons. The maximum atomic E-state index is 10.5. The number of hydrogen-bond acceptors (Lipinski definition) is 1. The molecule has 13 heavy (non-hydrogen) atoms. The van der Waals surface area contributed by atoms with Crippen molar-refractivity contribution in [2.24, 2.45) is 0 Å². The van der Waals surface area contributed by atoms with Crippen LogP contribution in [0.15, 0.2) is 12.2 Å². The van der Waals surface area contributed by atoms with Crippen LogP contribution in [-0.2, 0) is 4.79 Å². The van der Waals surface area contributed by atoms with Crippen molar-refractivity contribution in [3.63, 3.8) is 0 Å². The molecule has 0 aliphatic carbocycles. The third kappa shape index (κ3) is 9.12. The average Bonchev–Trinajstić information content (AvgIpc) is 2.10. The zero-order chi connectivity index (χ0) is 10.1. The SMILES string of the molecule is C=C(CC)CCCCCNC(C)=O. The van der Waals surface area contributed by atoms with E-state index in [9.17, 15) is 4.79 Å². The molecular formula is C11H21NO. The van der Waals surface area contributed by atoms with Crippen molar-refractivity contribution in [3.05, 3.63) is 12.2 Å². The number of unbranched alkanes of at least 4 members (excludes halogenated alkanes) is 2. The molecule has 2 heteroatoms. The number of amides is 1. The predicted molar refractivity (Wildman–Crippen MR) is 56.6 cm³/mol. The second kappa shape index (κ2) is 7.84. The van der Waals surface area contributed by atoms with Crippen molar-refractivity contribution in [1.82, 2.24) is 5.32 Å². The zero-order valence-corrected chi connectivity index (χ0v) is 8.86. The van der Waals surface area contributed by atoms with E-state index in [0.29, 0.717) is 0 Å². The molecule has 2 nitrogen and oxygen atoms in total. The highest BCUT2D eigenvalue weighted by Crippen LogP contribution is 2.09. The lowest BCUT2D eigenvalue weighted by atomic mass is 10.1. The molecule has 0 aliphatic heterocycles. The summed E-state index contributed by atoms with van der Waals surface area (Å²) in [5.41, 5.74) is 1.33. The number of carbonyl (C=O) groups excluding carboxylic acids is 1. The third-order valence-electron chi connectivity index (χ3n) is 2.08. The Bertz CT molecular complexity index is 163.